The summed E-state index contributed by atoms with van der Waals surface area (Å²) in [7, 11) is 0. The molecule has 1 saturated carbocycles. The molecule has 0 amide bonds. The monoisotopic (exact) mass is 179 g/mol. The van der Waals surface area contributed by atoms with Crippen molar-refractivity contribution in [2.24, 2.45) is 11.3 Å². The van der Waals surface area contributed by atoms with Crippen molar-refractivity contribution in [2.75, 3.05) is 0 Å². The van der Waals surface area contributed by atoms with Crippen molar-refractivity contribution in [3.8, 4) is 0 Å². The van der Waals surface area contributed by atoms with Gasteiger partial charge in [-0.1, -0.05) is 39.7 Å². The fourth-order valence-electron chi connectivity index (χ4n) is 2.47. The van der Waals surface area contributed by atoms with Gasteiger partial charge in [0.2, 0.25) is 0 Å². The molecule has 1 aliphatic carbocycles. The summed E-state index contributed by atoms with van der Waals surface area (Å²) in [6.45, 7) is 6.88. The Morgan fingerprint density at radius 1 is 1.23 bits per heavy atom. The Balaban J connectivity index is 2.09. The predicted molar refractivity (Wildman–Crippen MR) is 56.4 cm³/mol. The molecular formula is C12H21N. The van der Waals surface area contributed by atoms with E-state index in [0.29, 0.717) is 5.41 Å². The van der Waals surface area contributed by atoms with E-state index in [1.165, 1.54) is 31.4 Å². The highest BCUT2D eigenvalue weighted by Gasteiger charge is 2.32. The average Bonchev–Trinajstić information content (AvgIpc) is 2.45. The van der Waals surface area contributed by atoms with Crippen molar-refractivity contribution in [1.29, 1.82) is 0 Å². The Bertz CT molecular complexity index is 222. The van der Waals surface area contributed by atoms with Gasteiger partial charge in [-0.25, -0.2) is 0 Å². The molecule has 1 fully saturated rings. The molecule has 1 heterocycles. The van der Waals surface area contributed by atoms with Gasteiger partial charge in [0.25, 0.3) is 0 Å². The molecule has 74 valence electrons. The molecule has 0 spiro atoms. The van der Waals surface area contributed by atoms with Gasteiger partial charge in [0.05, 0.1) is 0 Å². The van der Waals surface area contributed by atoms with Crippen LogP contribution in [-0.2, 0) is 0 Å². The number of rotatable bonds is 0. The van der Waals surface area contributed by atoms with Gasteiger partial charge in [-0.05, 0) is 18.8 Å². The molecule has 2 atom stereocenters. The van der Waals surface area contributed by atoms with E-state index in [2.05, 4.69) is 32.2 Å². The van der Waals surface area contributed by atoms with Crippen LogP contribution in [0, 0.1) is 11.3 Å². The molecule has 2 aliphatic rings. The number of allylic oxidation sites excluding steroid dienone is 1. The second-order valence-corrected chi connectivity index (χ2v) is 5.53. The Kier molecular flexibility index (Phi) is 2.13. The molecule has 1 nitrogen and oxygen atoms in total. The molecule has 0 aromatic carbocycles. The van der Waals surface area contributed by atoms with Crippen LogP contribution >= 0.6 is 0 Å². The van der Waals surface area contributed by atoms with E-state index >= 15 is 0 Å². The van der Waals surface area contributed by atoms with E-state index < -0.39 is 0 Å². The highest BCUT2D eigenvalue weighted by atomic mass is 15.0. The SMILES string of the molecule is CC(C)(C)C1=CC2CCCCC2N1. The Morgan fingerprint density at radius 3 is 2.54 bits per heavy atom. The standard InChI is InChI=1S/C12H21N/c1-12(2,3)11-8-9-6-4-5-7-10(9)13-11/h8-10,13H,4-7H2,1-3H3. The number of hydrogen-bond acceptors (Lipinski definition) is 1. The van der Waals surface area contributed by atoms with E-state index in [9.17, 15) is 0 Å². The largest absolute Gasteiger partial charge is 0.385 e. The lowest BCUT2D eigenvalue weighted by atomic mass is 9.86. The van der Waals surface area contributed by atoms with Crippen molar-refractivity contribution in [1.82, 2.24) is 5.32 Å². The molecular weight excluding hydrogens is 158 g/mol. The topological polar surface area (TPSA) is 12.0 Å². The second-order valence-electron chi connectivity index (χ2n) is 5.53. The summed E-state index contributed by atoms with van der Waals surface area (Å²) >= 11 is 0. The zero-order valence-corrected chi connectivity index (χ0v) is 9.06. The first-order chi connectivity index (χ1) is 6.07. The number of fused-ring (bicyclic) bond motifs is 1. The van der Waals surface area contributed by atoms with E-state index in [1.54, 1.807) is 0 Å². The summed E-state index contributed by atoms with van der Waals surface area (Å²) in [6, 6.07) is 0.767. The maximum atomic E-state index is 3.69. The molecule has 2 unspecified atom stereocenters. The van der Waals surface area contributed by atoms with Crippen molar-refractivity contribution in [3.63, 3.8) is 0 Å². The van der Waals surface area contributed by atoms with Crippen molar-refractivity contribution in [3.05, 3.63) is 11.8 Å². The highest BCUT2D eigenvalue weighted by Crippen LogP contribution is 2.36. The summed E-state index contributed by atoms with van der Waals surface area (Å²) in [5, 5.41) is 3.69. The fraction of sp³-hybridized carbons (Fsp3) is 0.833. The zero-order chi connectivity index (χ0) is 9.47. The van der Waals surface area contributed by atoms with Gasteiger partial charge in [-0.3, -0.25) is 0 Å². The quantitative estimate of drug-likeness (QED) is 0.602. The Hall–Kier alpha value is -0.460. The van der Waals surface area contributed by atoms with Crippen LogP contribution < -0.4 is 5.32 Å². The van der Waals surface area contributed by atoms with E-state index in [-0.39, 0.29) is 0 Å². The first-order valence-electron chi connectivity index (χ1n) is 5.56. The van der Waals surface area contributed by atoms with E-state index in [4.69, 9.17) is 0 Å². The summed E-state index contributed by atoms with van der Waals surface area (Å²) < 4.78 is 0. The van der Waals surface area contributed by atoms with Gasteiger partial charge >= 0.3 is 0 Å². The van der Waals surface area contributed by atoms with E-state index in [0.717, 1.165) is 12.0 Å². The minimum absolute atomic E-state index is 0.317. The third kappa shape index (κ3) is 1.74. The van der Waals surface area contributed by atoms with Crippen LogP contribution in [0.2, 0.25) is 0 Å². The van der Waals surface area contributed by atoms with Gasteiger partial charge in [0.15, 0.2) is 0 Å². The first kappa shape index (κ1) is 9.11. The molecule has 13 heavy (non-hydrogen) atoms. The second kappa shape index (κ2) is 3.04. The molecule has 1 heteroatoms. The third-order valence-electron chi connectivity index (χ3n) is 3.35. The average molecular weight is 179 g/mol. The summed E-state index contributed by atoms with van der Waals surface area (Å²) in [5.74, 6) is 0.836. The van der Waals surface area contributed by atoms with Crippen LogP contribution in [0.15, 0.2) is 11.8 Å². The third-order valence-corrected chi connectivity index (χ3v) is 3.35. The van der Waals surface area contributed by atoms with E-state index in [1.807, 2.05) is 0 Å². The molecule has 2 rings (SSSR count). The molecule has 0 radical (unpaired) electrons. The van der Waals surface area contributed by atoms with Crippen LogP contribution in [0.4, 0.5) is 0 Å². The normalized spacial score (nSPS) is 33.6. The molecule has 1 N–H and O–H groups in total. The summed E-state index contributed by atoms with van der Waals surface area (Å²) in [5.41, 5.74) is 1.79. The number of nitrogens with one attached hydrogen (secondary N) is 1. The lowest BCUT2D eigenvalue weighted by Crippen LogP contribution is -2.33. The molecule has 1 aliphatic heterocycles. The zero-order valence-electron chi connectivity index (χ0n) is 9.06. The maximum Gasteiger partial charge on any atom is 0.0321 e. The number of hydrogen-bond donors (Lipinski definition) is 1. The van der Waals surface area contributed by atoms with Crippen molar-refractivity contribution < 1.29 is 0 Å². The smallest absolute Gasteiger partial charge is 0.0321 e. The summed E-state index contributed by atoms with van der Waals surface area (Å²) in [6.07, 6.45) is 8.11. The van der Waals surface area contributed by atoms with Crippen LogP contribution in [0.3, 0.4) is 0 Å². The molecule has 0 aromatic rings. The Morgan fingerprint density at radius 2 is 1.92 bits per heavy atom. The molecule has 0 aromatic heterocycles. The van der Waals surface area contributed by atoms with Gasteiger partial charge in [0.1, 0.15) is 0 Å². The first-order valence-corrected chi connectivity index (χ1v) is 5.56. The van der Waals surface area contributed by atoms with Crippen LogP contribution in [0.1, 0.15) is 46.5 Å². The Labute approximate surface area is 81.6 Å². The minimum atomic E-state index is 0.317. The lowest BCUT2D eigenvalue weighted by molar-refractivity contribution is 0.338. The molecule has 0 saturated heterocycles. The fourth-order valence-corrected chi connectivity index (χ4v) is 2.47. The van der Waals surface area contributed by atoms with Gasteiger partial charge in [0, 0.05) is 17.2 Å². The summed E-state index contributed by atoms with van der Waals surface area (Å²) in [4.78, 5) is 0. The van der Waals surface area contributed by atoms with Crippen LogP contribution in [-0.4, -0.2) is 6.04 Å². The van der Waals surface area contributed by atoms with Crippen LogP contribution in [0.5, 0.6) is 0 Å². The highest BCUT2D eigenvalue weighted by molar-refractivity contribution is 5.19. The minimum Gasteiger partial charge on any atom is -0.385 e. The lowest BCUT2D eigenvalue weighted by Gasteiger charge is -2.27. The predicted octanol–water partition coefficient (Wildman–Crippen LogP) is 3.08. The van der Waals surface area contributed by atoms with Gasteiger partial charge in [-0.2, -0.15) is 0 Å². The maximum absolute atomic E-state index is 3.69. The molecule has 0 bridgehead atoms. The van der Waals surface area contributed by atoms with Crippen LogP contribution in [0.25, 0.3) is 0 Å². The van der Waals surface area contributed by atoms with Crippen molar-refractivity contribution in [2.45, 2.75) is 52.5 Å². The van der Waals surface area contributed by atoms with Gasteiger partial charge in [-0.15, -0.1) is 0 Å². The van der Waals surface area contributed by atoms with Gasteiger partial charge < -0.3 is 5.32 Å². The van der Waals surface area contributed by atoms with Crippen molar-refractivity contribution >= 4 is 0 Å².